The van der Waals surface area contributed by atoms with Crippen molar-refractivity contribution in [2.75, 3.05) is 13.1 Å². The minimum absolute atomic E-state index is 0.0193. The molecule has 1 unspecified atom stereocenters. The lowest BCUT2D eigenvalue weighted by Crippen LogP contribution is -2.52. The van der Waals surface area contributed by atoms with Gasteiger partial charge >= 0.3 is 6.03 Å². The number of aromatic nitrogens is 1. The summed E-state index contributed by atoms with van der Waals surface area (Å²) in [6, 6.07) is 5.44. The van der Waals surface area contributed by atoms with E-state index in [4.69, 9.17) is 4.42 Å². The maximum atomic E-state index is 13.2. The fraction of sp³-hybridized carbons (Fsp3) is 0.500. The number of carbonyl (C=O) groups excluding carboxylic acids is 2. The number of urea groups is 1. The zero-order chi connectivity index (χ0) is 19.6. The second kappa shape index (κ2) is 7.90. The van der Waals surface area contributed by atoms with Crippen LogP contribution in [0.15, 0.2) is 41.3 Å². The van der Waals surface area contributed by atoms with Gasteiger partial charge in [0, 0.05) is 42.6 Å². The lowest BCUT2D eigenvalue weighted by atomic mass is 10.0. The van der Waals surface area contributed by atoms with Gasteiger partial charge in [0.25, 0.3) is 0 Å². The highest BCUT2D eigenvalue weighted by molar-refractivity contribution is 5.85. The Hall–Kier alpha value is -2.70. The van der Waals surface area contributed by atoms with Crippen LogP contribution in [0.25, 0.3) is 0 Å². The highest BCUT2D eigenvalue weighted by Crippen LogP contribution is 2.32. The van der Waals surface area contributed by atoms with Gasteiger partial charge in [0.2, 0.25) is 5.91 Å². The topological polar surface area (TPSA) is 70.7 Å². The molecule has 7 nitrogen and oxygen atoms in total. The van der Waals surface area contributed by atoms with E-state index < -0.39 is 0 Å². The molecular weight excluding hydrogens is 344 g/mol. The third-order valence-corrected chi connectivity index (χ3v) is 4.82. The highest BCUT2D eigenvalue weighted by Gasteiger charge is 2.34. The molecule has 0 saturated carbocycles. The molecule has 3 rings (SSSR count). The third-order valence-electron chi connectivity index (χ3n) is 4.82. The molecule has 0 fully saturated rings. The van der Waals surface area contributed by atoms with Crippen LogP contribution in [0.4, 0.5) is 4.79 Å². The number of carbonyl (C=O) groups is 2. The standard InChI is InChI=1S/C20H28N4O3/c1-14(2)21-20(26)24(15(3)4)12-18(25)23-10-9-22-8-5-6-17(22)19(23)16-7-11-27-13-16/h5-8,11,13-15,19H,9-10,12H2,1-4H3,(H,21,26). The molecule has 2 aromatic heterocycles. The molecule has 2 aromatic rings. The monoisotopic (exact) mass is 372 g/mol. The van der Waals surface area contributed by atoms with Crippen molar-refractivity contribution < 1.29 is 14.0 Å². The van der Waals surface area contributed by atoms with Crippen LogP contribution in [0.5, 0.6) is 0 Å². The molecule has 0 spiro atoms. The molecule has 1 aliphatic rings. The summed E-state index contributed by atoms with van der Waals surface area (Å²) in [6.07, 6.45) is 5.33. The first-order valence-corrected chi connectivity index (χ1v) is 9.42. The summed E-state index contributed by atoms with van der Waals surface area (Å²) < 4.78 is 7.43. The van der Waals surface area contributed by atoms with Crippen molar-refractivity contribution in [1.29, 1.82) is 0 Å². The van der Waals surface area contributed by atoms with Gasteiger partial charge in [0.05, 0.1) is 12.5 Å². The van der Waals surface area contributed by atoms with E-state index in [2.05, 4.69) is 9.88 Å². The molecule has 1 aliphatic heterocycles. The number of furan rings is 1. The lowest BCUT2D eigenvalue weighted by Gasteiger charge is -2.38. The van der Waals surface area contributed by atoms with Crippen LogP contribution in [-0.2, 0) is 11.3 Å². The largest absolute Gasteiger partial charge is 0.472 e. The van der Waals surface area contributed by atoms with Crippen LogP contribution < -0.4 is 5.32 Å². The number of hydrogen-bond acceptors (Lipinski definition) is 3. The van der Waals surface area contributed by atoms with Crippen molar-refractivity contribution >= 4 is 11.9 Å². The van der Waals surface area contributed by atoms with Crippen molar-refractivity contribution in [3.8, 4) is 0 Å². The second-order valence-corrected chi connectivity index (χ2v) is 7.50. The van der Waals surface area contributed by atoms with Gasteiger partial charge in [-0.05, 0) is 45.9 Å². The molecule has 0 saturated heterocycles. The highest BCUT2D eigenvalue weighted by atomic mass is 16.3. The Labute approximate surface area is 159 Å². The number of nitrogens with one attached hydrogen (secondary N) is 1. The molecule has 3 heterocycles. The Kier molecular flexibility index (Phi) is 5.58. The van der Waals surface area contributed by atoms with Crippen molar-refractivity contribution in [2.45, 2.75) is 52.4 Å². The van der Waals surface area contributed by atoms with Gasteiger partial charge in [-0.3, -0.25) is 4.79 Å². The van der Waals surface area contributed by atoms with Crippen LogP contribution in [0.1, 0.15) is 45.0 Å². The van der Waals surface area contributed by atoms with E-state index in [1.165, 1.54) is 0 Å². The summed E-state index contributed by atoms with van der Waals surface area (Å²) >= 11 is 0. The van der Waals surface area contributed by atoms with Gasteiger partial charge in [0.15, 0.2) is 0 Å². The molecular formula is C20H28N4O3. The predicted molar refractivity (Wildman–Crippen MR) is 102 cm³/mol. The Morgan fingerprint density at radius 1 is 1.26 bits per heavy atom. The van der Waals surface area contributed by atoms with E-state index in [1.54, 1.807) is 17.4 Å². The van der Waals surface area contributed by atoms with Gasteiger partial charge in [-0.15, -0.1) is 0 Å². The normalized spacial score (nSPS) is 16.5. The summed E-state index contributed by atoms with van der Waals surface area (Å²) in [4.78, 5) is 29.1. The minimum atomic E-state index is -0.214. The smallest absolute Gasteiger partial charge is 0.318 e. The van der Waals surface area contributed by atoms with E-state index in [0.717, 1.165) is 17.8 Å². The molecule has 0 aliphatic carbocycles. The van der Waals surface area contributed by atoms with E-state index in [1.807, 2.05) is 57.0 Å². The number of amides is 3. The molecule has 1 N–H and O–H groups in total. The Bertz CT molecular complexity index is 779. The summed E-state index contributed by atoms with van der Waals surface area (Å²) in [5.41, 5.74) is 1.99. The maximum Gasteiger partial charge on any atom is 0.318 e. The van der Waals surface area contributed by atoms with E-state index in [0.29, 0.717) is 6.54 Å². The summed E-state index contributed by atoms with van der Waals surface area (Å²) in [5.74, 6) is -0.0683. The maximum absolute atomic E-state index is 13.2. The van der Waals surface area contributed by atoms with E-state index in [9.17, 15) is 9.59 Å². The Morgan fingerprint density at radius 3 is 2.67 bits per heavy atom. The molecule has 7 heteroatoms. The number of hydrogen-bond donors (Lipinski definition) is 1. The van der Waals surface area contributed by atoms with Gasteiger partial charge in [-0.1, -0.05) is 0 Å². The average Bonchev–Trinajstić information content (AvgIpc) is 3.28. The second-order valence-electron chi connectivity index (χ2n) is 7.50. The summed E-state index contributed by atoms with van der Waals surface area (Å²) in [5, 5.41) is 2.88. The van der Waals surface area contributed by atoms with Crippen LogP contribution in [0, 0.1) is 0 Å². The quantitative estimate of drug-likeness (QED) is 0.877. The van der Waals surface area contributed by atoms with Gasteiger partial charge in [-0.2, -0.15) is 0 Å². The average molecular weight is 372 g/mol. The van der Waals surface area contributed by atoms with Crippen LogP contribution in [0.2, 0.25) is 0 Å². The van der Waals surface area contributed by atoms with Gasteiger partial charge < -0.3 is 24.1 Å². The minimum Gasteiger partial charge on any atom is -0.472 e. The van der Waals surface area contributed by atoms with E-state index >= 15 is 0 Å². The first kappa shape index (κ1) is 19.1. The van der Waals surface area contributed by atoms with Gasteiger partial charge in [-0.25, -0.2) is 4.79 Å². The fourth-order valence-corrected chi connectivity index (χ4v) is 3.49. The van der Waals surface area contributed by atoms with Crippen LogP contribution in [0.3, 0.4) is 0 Å². The first-order chi connectivity index (χ1) is 12.9. The Balaban J connectivity index is 1.83. The third kappa shape index (κ3) is 4.02. The molecule has 146 valence electrons. The van der Waals surface area contributed by atoms with Crippen molar-refractivity contribution in [3.63, 3.8) is 0 Å². The van der Waals surface area contributed by atoms with Crippen LogP contribution in [-0.4, -0.2) is 51.5 Å². The number of nitrogens with zero attached hydrogens (tertiary/aromatic N) is 3. The zero-order valence-electron chi connectivity index (χ0n) is 16.4. The molecule has 0 radical (unpaired) electrons. The SMILES string of the molecule is CC(C)NC(=O)N(CC(=O)N1CCn2cccc2C1c1ccoc1)C(C)C. The predicted octanol–water partition coefficient (Wildman–Crippen LogP) is 2.84. The van der Waals surface area contributed by atoms with E-state index in [-0.39, 0.29) is 36.6 Å². The van der Waals surface area contributed by atoms with Gasteiger partial charge in [0.1, 0.15) is 12.6 Å². The molecule has 0 aromatic carbocycles. The fourth-order valence-electron chi connectivity index (χ4n) is 3.49. The molecule has 27 heavy (non-hydrogen) atoms. The molecule has 3 amide bonds. The lowest BCUT2D eigenvalue weighted by molar-refractivity contribution is -0.134. The summed E-state index contributed by atoms with van der Waals surface area (Å²) in [6.45, 7) is 9.03. The molecule has 1 atom stereocenters. The Morgan fingerprint density at radius 2 is 2.04 bits per heavy atom. The summed E-state index contributed by atoms with van der Waals surface area (Å²) in [7, 11) is 0. The van der Waals surface area contributed by atoms with Crippen LogP contribution >= 0.6 is 0 Å². The molecule has 0 bridgehead atoms. The number of fused-ring (bicyclic) bond motifs is 1. The number of rotatable bonds is 5. The first-order valence-electron chi connectivity index (χ1n) is 9.42. The zero-order valence-corrected chi connectivity index (χ0v) is 16.4. The van der Waals surface area contributed by atoms with Crippen molar-refractivity contribution in [2.24, 2.45) is 0 Å². The van der Waals surface area contributed by atoms with Crippen molar-refractivity contribution in [1.82, 2.24) is 19.7 Å². The van der Waals surface area contributed by atoms with Crippen molar-refractivity contribution in [3.05, 3.63) is 48.2 Å².